The van der Waals surface area contributed by atoms with Gasteiger partial charge in [-0.3, -0.25) is 9.48 Å². The maximum absolute atomic E-state index is 11.8. The van der Waals surface area contributed by atoms with E-state index in [9.17, 15) is 9.59 Å². The number of anilines is 1. The number of primary amides is 1. The average molecular weight is 291 g/mol. The molecule has 0 radical (unpaired) electrons. The number of hydrogen-bond acceptors (Lipinski definition) is 4. The molecule has 21 heavy (non-hydrogen) atoms. The van der Waals surface area contributed by atoms with Gasteiger partial charge < -0.3 is 20.8 Å². The first-order chi connectivity index (χ1) is 9.94. The van der Waals surface area contributed by atoms with Gasteiger partial charge in [-0.05, 0) is 26.0 Å². The van der Waals surface area contributed by atoms with Crippen LogP contribution < -0.4 is 16.4 Å². The molecule has 0 aliphatic rings. The SMILES string of the molecule is Cc1ccc([C@H](C)NC(=O)Nc2cnn(CC(N)=O)c2)o1. The van der Waals surface area contributed by atoms with Crippen molar-refractivity contribution in [3.05, 3.63) is 36.0 Å². The van der Waals surface area contributed by atoms with E-state index in [0.717, 1.165) is 5.76 Å². The van der Waals surface area contributed by atoms with Crippen LogP contribution in [-0.4, -0.2) is 21.7 Å². The van der Waals surface area contributed by atoms with E-state index in [1.165, 1.54) is 17.1 Å². The fourth-order valence-corrected chi connectivity index (χ4v) is 1.80. The van der Waals surface area contributed by atoms with Gasteiger partial charge in [0, 0.05) is 6.20 Å². The predicted octanol–water partition coefficient (Wildman–Crippen LogP) is 1.15. The van der Waals surface area contributed by atoms with Crippen molar-refractivity contribution in [2.45, 2.75) is 26.4 Å². The molecule has 2 heterocycles. The first kappa shape index (κ1) is 14.6. The highest BCUT2D eigenvalue weighted by Gasteiger charge is 2.13. The molecule has 2 aromatic heterocycles. The van der Waals surface area contributed by atoms with Gasteiger partial charge >= 0.3 is 6.03 Å². The molecule has 112 valence electrons. The van der Waals surface area contributed by atoms with E-state index in [2.05, 4.69) is 15.7 Å². The summed E-state index contributed by atoms with van der Waals surface area (Å²) in [5.41, 5.74) is 5.53. The molecular formula is C13H17N5O3. The molecule has 0 aliphatic heterocycles. The number of hydrogen-bond donors (Lipinski definition) is 3. The molecule has 4 N–H and O–H groups in total. The van der Waals surface area contributed by atoms with Crippen LogP contribution in [0.5, 0.6) is 0 Å². The van der Waals surface area contributed by atoms with Crippen molar-refractivity contribution in [2.24, 2.45) is 5.73 Å². The van der Waals surface area contributed by atoms with E-state index in [4.69, 9.17) is 10.2 Å². The van der Waals surface area contributed by atoms with Crippen LogP contribution in [0.25, 0.3) is 0 Å². The number of amides is 3. The molecule has 8 nitrogen and oxygen atoms in total. The standard InChI is InChI=1S/C13H17N5O3/c1-8-3-4-11(21-8)9(2)16-13(20)17-10-5-15-18(6-10)7-12(14)19/h3-6,9H,7H2,1-2H3,(H2,14,19)(H2,16,17,20)/t9-/m0/s1. The molecule has 0 saturated heterocycles. The number of carbonyl (C=O) groups is 2. The third kappa shape index (κ3) is 4.10. The molecule has 0 unspecified atom stereocenters. The smallest absolute Gasteiger partial charge is 0.319 e. The van der Waals surface area contributed by atoms with E-state index < -0.39 is 11.9 Å². The van der Waals surface area contributed by atoms with Crippen LogP contribution in [0.2, 0.25) is 0 Å². The van der Waals surface area contributed by atoms with Crippen molar-refractivity contribution < 1.29 is 14.0 Å². The van der Waals surface area contributed by atoms with Crippen molar-refractivity contribution in [1.82, 2.24) is 15.1 Å². The van der Waals surface area contributed by atoms with Gasteiger partial charge in [-0.25, -0.2) is 4.79 Å². The molecule has 8 heteroatoms. The van der Waals surface area contributed by atoms with Gasteiger partial charge in [-0.2, -0.15) is 5.10 Å². The van der Waals surface area contributed by atoms with E-state index >= 15 is 0 Å². The Morgan fingerprint density at radius 3 is 2.86 bits per heavy atom. The van der Waals surface area contributed by atoms with Crippen LogP contribution in [0.4, 0.5) is 10.5 Å². The number of carbonyl (C=O) groups excluding carboxylic acids is 2. The Kier molecular flexibility index (Phi) is 4.27. The Morgan fingerprint density at radius 2 is 2.24 bits per heavy atom. The van der Waals surface area contributed by atoms with Crippen LogP contribution in [0.15, 0.2) is 28.9 Å². The second-order valence-corrected chi connectivity index (χ2v) is 4.66. The second kappa shape index (κ2) is 6.12. The monoisotopic (exact) mass is 291 g/mol. The molecule has 0 fully saturated rings. The van der Waals surface area contributed by atoms with Gasteiger partial charge in [-0.1, -0.05) is 0 Å². The summed E-state index contributed by atoms with van der Waals surface area (Å²) >= 11 is 0. The number of rotatable bonds is 5. The largest absolute Gasteiger partial charge is 0.464 e. The molecule has 2 rings (SSSR count). The summed E-state index contributed by atoms with van der Waals surface area (Å²) in [4.78, 5) is 22.6. The van der Waals surface area contributed by atoms with E-state index in [1.54, 1.807) is 0 Å². The van der Waals surface area contributed by atoms with E-state index in [-0.39, 0.29) is 12.6 Å². The summed E-state index contributed by atoms with van der Waals surface area (Å²) in [5.74, 6) is 0.953. The fraction of sp³-hybridized carbons (Fsp3) is 0.308. The van der Waals surface area contributed by atoms with Gasteiger partial charge in [0.1, 0.15) is 18.1 Å². The van der Waals surface area contributed by atoms with Crippen LogP contribution in [0.3, 0.4) is 0 Å². The third-order valence-corrected chi connectivity index (χ3v) is 2.74. The minimum absolute atomic E-state index is 0.0363. The van der Waals surface area contributed by atoms with Gasteiger partial charge in [0.2, 0.25) is 5.91 Å². The lowest BCUT2D eigenvalue weighted by Gasteiger charge is -2.11. The average Bonchev–Trinajstić information content (AvgIpc) is 2.98. The highest BCUT2D eigenvalue weighted by Crippen LogP contribution is 2.15. The fourth-order valence-electron chi connectivity index (χ4n) is 1.80. The first-order valence-corrected chi connectivity index (χ1v) is 6.38. The van der Waals surface area contributed by atoms with E-state index in [1.807, 2.05) is 26.0 Å². The number of furan rings is 1. The number of aromatic nitrogens is 2. The summed E-state index contributed by atoms with van der Waals surface area (Å²) in [6.07, 6.45) is 2.95. The molecule has 0 aromatic carbocycles. The summed E-state index contributed by atoms with van der Waals surface area (Å²) in [6.45, 7) is 3.61. The maximum Gasteiger partial charge on any atom is 0.319 e. The zero-order chi connectivity index (χ0) is 15.4. The van der Waals surface area contributed by atoms with Crippen molar-refractivity contribution in [3.8, 4) is 0 Å². The molecule has 0 aliphatic carbocycles. The lowest BCUT2D eigenvalue weighted by Crippen LogP contribution is -2.30. The normalized spacial score (nSPS) is 11.9. The van der Waals surface area contributed by atoms with Gasteiger partial charge in [0.25, 0.3) is 0 Å². The Morgan fingerprint density at radius 1 is 1.48 bits per heavy atom. The summed E-state index contributed by atoms with van der Waals surface area (Å²) in [7, 11) is 0. The van der Waals surface area contributed by atoms with Crippen LogP contribution in [-0.2, 0) is 11.3 Å². The summed E-state index contributed by atoms with van der Waals surface area (Å²) in [5, 5.41) is 9.26. The minimum atomic E-state index is -0.504. The van der Waals surface area contributed by atoms with Crippen molar-refractivity contribution in [2.75, 3.05) is 5.32 Å². The molecule has 3 amide bonds. The van der Waals surface area contributed by atoms with E-state index in [0.29, 0.717) is 11.4 Å². The van der Waals surface area contributed by atoms with Crippen molar-refractivity contribution >= 4 is 17.6 Å². The molecule has 0 bridgehead atoms. The zero-order valence-electron chi connectivity index (χ0n) is 11.8. The van der Waals surface area contributed by atoms with Gasteiger partial charge in [0.15, 0.2) is 0 Å². The van der Waals surface area contributed by atoms with Crippen LogP contribution in [0, 0.1) is 6.92 Å². The van der Waals surface area contributed by atoms with Gasteiger partial charge in [0.05, 0.1) is 17.9 Å². The minimum Gasteiger partial charge on any atom is -0.464 e. The van der Waals surface area contributed by atoms with Gasteiger partial charge in [-0.15, -0.1) is 0 Å². The number of nitrogens with two attached hydrogens (primary N) is 1. The highest BCUT2D eigenvalue weighted by atomic mass is 16.3. The Labute approximate surface area is 121 Å². The number of aryl methyl sites for hydroxylation is 1. The van der Waals surface area contributed by atoms with Crippen molar-refractivity contribution in [1.29, 1.82) is 0 Å². The number of nitrogens with one attached hydrogen (secondary N) is 2. The number of urea groups is 1. The topological polar surface area (TPSA) is 115 Å². The second-order valence-electron chi connectivity index (χ2n) is 4.66. The lowest BCUT2D eigenvalue weighted by atomic mass is 10.2. The lowest BCUT2D eigenvalue weighted by molar-refractivity contribution is -0.118. The first-order valence-electron chi connectivity index (χ1n) is 6.38. The molecule has 0 spiro atoms. The Bertz CT molecular complexity index is 646. The predicted molar refractivity (Wildman–Crippen MR) is 75.4 cm³/mol. The highest BCUT2D eigenvalue weighted by molar-refractivity contribution is 5.89. The third-order valence-electron chi connectivity index (χ3n) is 2.74. The quantitative estimate of drug-likeness (QED) is 0.766. The summed E-state index contributed by atoms with van der Waals surface area (Å²) in [6, 6.07) is 2.99. The molecule has 1 atom stereocenters. The number of nitrogens with zero attached hydrogens (tertiary/aromatic N) is 2. The summed E-state index contributed by atoms with van der Waals surface area (Å²) < 4.78 is 6.78. The molecule has 2 aromatic rings. The Hall–Kier alpha value is -2.77. The van der Waals surface area contributed by atoms with Crippen LogP contribution in [0.1, 0.15) is 24.5 Å². The van der Waals surface area contributed by atoms with Crippen molar-refractivity contribution in [3.63, 3.8) is 0 Å². The maximum atomic E-state index is 11.8. The molecule has 0 saturated carbocycles. The zero-order valence-corrected chi connectivity index (χ0v) is 11.8. The van der Waals surface area contributed by atoms with Crippen LogP contribution >= 0.6 is 0 Å². The Balaban J connectivity index is 1.89. The molecular weight excluding hydrogens is 274 g/mol.